The summed E-state index contributed by atoms with van der Waals surface area (Å²) >= 11 is 0. The predicted octanol–water partition coefficient (Wildman–Crippen LogP) is 1.74. The molecule has 2 unspecified atom stereocenters. The van der Waals surface area contributed by atoms with Crippen LogP contribution in [0.3, 0.4) is 0 Å². The Morgan fingerprint density at radius 2 is 1.72 bits per heavy atom. The highest BCUT2D eigenvalue weighted by molar-refractivity contribution is 7.89. The summed E-state index contributed by atoms with van der Waals surface area (Å²) in [5.41, 5.74) is 3.37. The van der Waals surface area contributed by atoms with Crippen LogP contribution in [0.4, 0.5) is 5.82 Å². The standard InChI is InChI=1S/C20H24N6O2S/c1-13-4-5-14(2)17(6-13)29(27,28)26-9-15-7-25(8-16(15)10-26)20-18-19(21-11-22-20)24(3)12-23-18/h4-6,11-12,15-16H,7-10H2,1-3H3. The van der Waals surface area contributed by atoms with Crippen molar-refractivity contribution < 1.29 is 8.42 Å². The fourth-order valence-electron chi connectivity index (χ4n) is 4.61. The maximum Gasteiger partial charge on any atom is 0.243 e. The van der Waals surface area contributed by atoms with Crippen LogP contribution in [-0.4, -0.2) is 58.4 Å². The van der Waals surface area contributed by atoms with Crippen LogP contribution >= 0.6 is 0 Å². The molecule has 0 saturated carbocycles. The number of fused-ring (bicyclic) bond motifs is 2. The first-order valence-corrected chi connectivity index (χ1v) is 11.2. The minimum absolute atomic E-state index is 0.295. The Morgan fingerprint density at radius 3 is 2.45 bits per heavy atom. The molecule has 2 saturated heterocycles. The summed E-state index contributed by atoms with van der Waals surface area (Å²) in [6, 6.07) is 5.61. The molecule has 2 fully saturated rings. The molecule has 5 rings (SSSR count). The molecule has 8 nitrogen and oxygen atoms in total. The second-order valence-corrected chi connectivity index (χ2v) is 10.1. The Kier molecular flexibility index (Phi) is 4.15. The average Bonchev–Trinajstić information content (AvgIpc) is 3.37. The molecule has 2 aromatic heterocycles. The van der Waals surface area contributed by atoms with E-state index in [1.165, 1.54) is 0 Å². The van der Waals surface area contributed by atoms with Crippen molar-refractivity contribution in [2.24, 2.45) is 18.9 Å². The molecule has 152 valence electrons. The fraction of sp³-hybridized carbons (Fsp3) is 0.450. The van der Waals surface area contributed by atoms with Gasteiger partial charge in [-0.3, -0.25) is 0 Å². The van der Waals surface area contributed by atoms with E-state index in [4.69, 9.17) is 0 Å². The van der Waals surface area contributed by atoms with Gasteiger partial charge in [0.2, 0.25) is 10.0 Å². The first-order valence-electron chi connectivity index (χ1n) is 9.79. The maximum absolute atomic E-state index is 13.2. The van der Waals surface area contributed by atoms with Crippen LogP contribution in [0.25, 0.3) is 11.2 Å². The van der Waals surface area contributed by atoms with Crippen LogP contribution in [0.1, 0.15) is 11.1 Å². The monoisotopic (exact) mass is 412 g/mol. The molecular weight excluding hydrogens is 388 g/mol. The Balaban J connectivity index is 1.38. The van der Waals surface area contributed by atoms with Gasteiger partial charge < -0.3 is 9.47 Å². The number of imidazole rings is 1. The quantitative estimate of drug-likeness (QED) is 0.652. The largest absolute Gasteiger partial charge is 0.354 e. The highest BCUT2D eigenvalue weighted by Crippen LogP contribution is 2.37. The Hall–Kier alpha value is -2.52. The van der Waals surface area contributed by atoms with Gasteiger partial charge in [0.1, 0.15) is 6.33 Å². The highest BCUT2D eigenvalue weighted by Gasteiger charge is 2.45. The van der Waals surface area contributed by atoms with Gasteiger partial charge in [-0.25, -0.2) is 23.4 Å². The summed E-state index contributed by atoms with van der Waals surface area (Å²) in [4.78, 5) is 15.9. The molecule has 0 amide bonds. The first-order chi connectivity index (χ1) is 13.8. The smallest absolute Gasteiger partial charge is 0.243 e. The van der Waals surface area contributed by atoms with Crippen LogP contribution in [0.2, 0.25) is 0 Å². The number of nitrogens with zero attached hydrogens (tertiary/aromatic N) is 6. The summed E-state index contributed by atoms with van der Waals surface area (Å²) in [6.45, 7) is 6.45. The first kappa shape index (κ1) is 18.5. The van der Waals surface area contributed by atoms with Gasteiger partial charge in [0.25, 0.3) is 0 Å². The summed E-state index contributed by atoms with van der Waals surface area (Å²) in [6.07, 6.45) is 3.32. The lowest BCUT2D eigenvalue weighted by Gasteiger charge is -2.23. The molecule has 2 aliphatic rings. The minimum Gasteiger partial charge on any atom is -0.354 e. The Morgan fingerprint density at radius 1 is 1.00 bits per heavy atom. The number of hydrogen-bond donors (Lipinski definition) is 0. The van der Waals surface area contributed by atoms with Gasteiger partial charge in [0.05, 0.1) is 11.2 Å². The van der Waals surface area contributed by atoms with Gasteiger partial charge in [-0.1, -0.05) is 12.1 Å². The number of anilines is 1. The molecule has 29 heavy (non-hydrogen) atoms. The molecule has 1 aromatic carbocycles. The number of benzene rings is 1. The number of hydrogen-bond acceptors (Lipinski definition) is 6. The van der Waals surface area contributed by atoms with Crippen LogP contribution in [0.15, 0.2) is 35.7 Å². The molecule has 0 radical (unpaired) electrons. The second kappa shape index (κ2) is 6.50. The number of aromatic nitrogens is 4. The molecule has 0 aliphatic carbocycles. The zero-order valence-electron chi connectivity index (χ0n) is 16.8. The Bertz CT molecular complexity index is 1190. The number of rotatable bonds is 3. The SMILES string of the molecule is Cc1ccc(C)c(S(=O)(=O)N2CC3CN(c4ncnc5c4ncn5C)CC3C2)c1. The average molecular weight is 413 g/mol. The fourth-order valence-corrected chi connectivity index (χ4v) is 6.47. The normalized spacial score (nSPS) is 22.5. The van der Waals surface area contributed by atoms with Crippen molar-refractivity contribution in [1.29, 1.82) is 0 Å². The lowest BCUT2D eigenvalue weighted by Crippen LogP contribution is -2.34. The van der Waals surface area contributed by atoms with E-state index in [9.17, 15) is 8.42 Å². The van der Waals surface area contributed by atoms with E-state index in [1.54, 1.807) is 23.0 Å². The topological polar surface area (TPSA) is 84.2 Å². The van der Waals surface area contributed by atoms with Crippen molar-refractivity contribution in [1.82, 2.24) is 23.8 Å². The third-order valence-electron chi connectivity index (χ3n) is 6.19. The van der Waals surface area contributed by atoms with E-state index >= 15 is 0 Å². The van der Waals surface area contributed by atoms with E-state index in [0.717, 1.165) is 41.2 Å². The third kappa shape index (κ3) is 2.91. The highest BCUT2D eigenvalue weighted by atomic mass is 32.2. The number of sulfonamides is 1. The van der Waals surface area contributed by atoms with Gasteiger partial charge in [-0.05, 0) is 42.9 Å². The van der Waals surface area contributed by atoms with E-state index in [1.807, 2.05) is 37.6 Å². The molecule has 9 heteroatoms. The molecule has 0 bridgehead atoms. The van der Waals surface area contributed by atoms with Crippen LogP contribution in [0, 0.1) is 25.7 Å². The molecule has 0 spiro atoms. The molecular formula is C20H24N6O2S. The zero-order chi connectivity index (χ0) is 20.3. The van der Waals surface area contributed by atoms with Gasteiger partial charge in [0, 0.05) is 33.2 Å². The van der Waals surface area contributed by atoms with E-state index in [2.05, 4.69) is 19.9 Å². The molecule has 3 aromatic rings. The molecule has 4 heterocycles. The van der Waals surface area contributed by atoms with E-state index < -0.39 is 10.0 Å². The third-order valence-corrected chi connectivity index (χ3v) is 8.17. The van der Waals surface area contributed by atoms with Crippen LogP contribution in [0.5, 0.6) is 0 Å². The van der Waals surface area contributed by atoms with Crippen LogP contribution in [-0.2, 0) is 17.1 Å². The van der Waals surface area contributed by atoms with Crippen molar-refractivity contribution in [3.63, 3.8) is 0 Å². The van der Waals surface area contributed by atoms with Crippen molar-refractivity contribution >= 4 is 27.0 Å². The number of aryl methyl sites for hydroxylation is 3. The summed E-state index contributed by atoms with van der Waals surface area (Å²) in [7, 11) is -1.56. The van der Waals surface area contributed by atoms with Crippen molar-refractivity contribution in [2.75, 3.05) is 31.1 Å². The maximum atomic E-state index is 13.2. The van der Waals surface area contributed by atoms with Crippen molar-refractivity contribution in [2.45, 2.75) is 18.7 Å². The summed E-state index contributed by atoms with van der Waals surface area (Å²) in [5, 5.41) is 0. The van der Waals surface area contributed by atoms with Gasteiger partial charge in [-0.2, -0.15) is 4.31 Å². The lowest BCUT2D eigenvalue weighted by molar-refractivity contribution is 0.452. The molecule has 2 atom stereocenters. The summed E-state index contributed by atoms with van der Waals surface area (Å²) in [5.74, 6) is 1.43. The zero-order valence-corrected chi connectivity index (χ0v) is 17.6. The summed E-state index contributed by atoms with van der Waals surface area (Å²) < 4.78 is 30.0. The molecule has 2 aliphatic heterocycles. The van der Waals surface area contributed by atoms with Gasteiger partial charge in [-0.15, -0.1) is 0 Å². The van der Waals surface area contributed by atoms with Crippen molar-refractivity contribution in [3.8, 4) is 0 Å². The minimum atomic E-state index is -3.47. The van der Waals surface area contributed by atoms with Crippen molar-refractivity contribution in [3.05, 3.63) is 42.0 Å². The van der Waals surface area contributed by atoms with E-state index in [0.29, 0.717) is 29.8 Å². The van der Waals surface area contributed by atoms with Gasteiger partial charge >= 0.3 is 0 Å². The van der Waals surface area contributed by atoms with Gasteiger partial charge in [0.15, 0.2) is 17.0 Å². The Labute approximate surface area is 170 Å². The van der Waals surface area contributed by atoms with Crippen LogP contribution < -0.4 is 4.90 Å². The second-order valence-electron chi connectivity index (χ2n) is 8.24. The lowest BCUT2D eigenvalue weighted by atomic mass is 10.0. The predicted molar refractivity (Wildman–Crippen MR) is 110 cm³/mol. The van der Waals surface area contributed by atoms with E-state index in [-0.39, 0.29) is 0 Å². The molecule has 0 N–H and O–H groups in total.